The van der Waals surface area contributed by atoms with Crippen LogP contribution >= 0.6 is 23.2 Å². The fourth-order valence-corrected chi connectivity index (χ4v) is 7.97. The SMILES string of the molecule is CCCCCCCCCCCCn1c2ccc(Cl)cc2c2cc3c(cc21)c1cc(Cl)ccc1n3CCCCCCCCCCCC. The van der Waals surface area contributed by atoms with Crippen LogP contribution in [0.1, 0.15) is 142 Å². The topological polar surface area (TPSA) is 9.86 Å². The summed E-state index contributed by atoms with van der Waals surface area (Å²) >= 11 is 13.2. The number of hydrogen-bond acceptors (Lipinski definition) is 0. The van der Waals surface area contributed by atoms with E-state index in [1.807, 2.05) is 0 Å². The summed E-state index contributed by atoms with van der Waals surface area (Å²) < 4.78 is 5.11. The van der Waals surface area contributed by atoms with Crippen LogP contribution in [-0.2, 0) is 13.1 Å². The fraction of sp³-hybridized carbons (Fsp3) is 0.571. The second kappa shape index (κ2) is 18.4. The molecule has 250 valence electrons. The summed E-state index contributed by atoms with van der Waals surface area (Å²) in [6.45, 7) is 6.67. The molecule has 0 amide bonds. The van der Waals surface area contributed by atoms with Crippen LogP contribution in [0.3, 0.4) is 0 Å². The number of aryl methyl sites for hydroxylation is 2. The van der Waals surface area contributed by atoms with Gasteiger partial charge < -0.3 is 9.13 Å². The molecule has 5 aromatic rings. The van der Waals surface area contributed by atoms with Gasteiger partial charge in [-0.3, -0.25) is 0 Å². The second-order valence-corrected chi connectivity index (χ2v) is 14.7. The first-order chi connectivity index (χ1) is 22.6. The van der Waals surface area contributed by atoms with E-state index in [0.717, 1.165) is 23.1 Å². The van der Waals surface area contributed by atoms with Crippen molar-refractivity contribution in [2.75, 3.05) is 0 Å². The number of nitrogens with zero attached hydrogens (tertiary/aromatic N) is 2. The van der Waals surface area contributed by atoms with Gasteiger partial charge in [0.15, 0.2) is 0 Å². The molecular formula is C42H58Cl2N2. The van der Waals surface area contributed by atoms with Crippen molar-refractivity contribution in [2.45, 2.75) is 155 Å². The zero-order valence-electron chi connectivity index (χ0n) is 28.8. The molecule has 0 spiro atoms. The third kappa shape index (κ3) is 9.04. The Hall–Kier alpha value is -2.16. The second-order valence-electron chi connectivity index (χ2n) is 13.9. The predicted molar refractivity (Wildman–Crippen MR) is 206 cm³/mol. The summed E-state index contributed by atoms with van der Waals surface area (Å²) in [5.74, 6) is 0. The lowest BCUT2D eigenvalue weighted by molar-refractivity contribution is 0.541. The smallest absolute Gasteiger partial charge is 0.0499 e. The zero-order valence-corrected chi connectivity index (χ0v) is 30.3. The van der Waals surface area contributed by atoms with Crippen LogP contribution in [0.4, 0.5) is 0 Å². The van der Waals surface area contributed by atoms with Crippen molar-refractivity contribution >= 4 is 66.8 Å². The van der Waals surface area contributed by atoms with Crippen molar-refractivity contribution in [2.24, 2.45) is 0 Å². The lowest BCUT2D eigenvalue weighted by atomic mass is 10.1. The largest absolute Gasteiger partial charge is 0.340 e. The molecule has 0 N–H and O–H groups in total. The van der Waals surface area contributed by atoms with E-state index in [4.69, 9.17) is 23.2 Å². The van der Waals surface area contributed by atoms with E-state index in [1.165, 1.54) is 172 Å². The molecule has 0 radical (unpaired) electrons. The van der Waals surface area contributed by atoms with Crippen LogP contribution < -0.4 is 0 Å². The molecule has 0 atom stereocenters. The van der Waals surface area contributed by atoms with Crippen molar-refractivity contribution in [3.63, 3.8) is 0 Å². The number of rotatable bonds is 22. The van der Waals surface area contributed by atoms with E-state index in [1.54, 1.807) is 0 Å². The molecule has 3 aromatic carbocycles. The Labute approximate surface area is 288 Å². The van der Waals surface area contributed by atoms with Crippen molar-refractivity contribution in [1.82, 2.24) is 9.13 Å². The maximum absolute atomic E-state index is 6.60. The summed E-state index contributed by atoms with van der Waals surface area (Å²) in [4.78, 5) is 0. The van der Waals surface area contributed by atoms with E-state index in [9.17, 15) is 0 Å². The highest BCUT2D eigenvalue weighted by atomic mass is 35.5. The first-order valence-corrected chi connectivity index (χ1v) is 19.7. The average Bonchev–Trinajstić information content (AvgIpc) is 3.52. The summed E-state index contributed by atoms with van der Waals surface area (Å²) in [5, 5.41) is 6.78. The van der Waals surface area contributed by atoms with Crippen LogP contribution in [0.5, 0.6) is 0 Å². The maximum atomic E-state index is 6.60. The first-order valence-electron chi connectivity index (χ1n) is 18.9. The van der Waals surface area contributed by atoms with Gasteiger partial charge in [0.2, 0.25) is 0 Å². The highest BCUT2D eigenvalue weighted by Crippen LogP contribution is 2.39. The van der Waals surface area contributed by atoms with Crippen LogP contribution in [0, 0.1) is 0 Å². The predicted octanol–water partition coefficient (Wildman–Crippen LogP) is 15.1. The maximum Gasteiger partial charge on any atom is 0.0499 e. The third-order valence-corrected chi connectivity index (χ3v) is 10.7. The quantitative estimate of drug-likeness (QED) is 0.0653. The van der Waals surface area contributed by atoms with Crippen LogP contribution in [-0.4, -0.2) is 9.13 Å². The minimum absolute atomic E-state index is 0.809. The fourth-order valence-electron chi connectivity index (χ4n) is 7.63. The van der Waals surface area contributed by atoms with E-state index >= 15 is 0 Å². The van der Waals surface area contributed by atoms with Gasteiger partial charge in [-0.15, -0.1) is 0 Å². The zero-order chi connectivity index (χ0) is 32.1. The lowest BCUT2D eigenvalue weighted by Crippen LogP contribution is -1.99. The molecule has 0 bridgehead atoms. The Balaban J connectivity index is 1.32. The van der Waals surface area contributed by atoms with E-state index in [-0.39, 0.29) is 0 Å². The summed E-state index contributed by atoms with van der Waals surface area (Å²) in [6.07, 6.45) is 27.1. The molecule has 4 heteroatoms. The summed E-state index contributed by atoms with van der Waals surface area (Å²) in [5.41, 5.74) is 5.23. The van der Waals surface area contributed by atoms with Gasteiger partial charge in [-0.05, 0) is 61.4 Å². The van der Waals surface area contributed by atoms with Crippen molar-refractivity contribution < 1.29 is 0 Å². The monoisotopic (exact) mass is 660 g/mol. The standard InChI is InChI=1S/C42H58Cl2N2/c1-3-5-7-9-11-13-15-17-19-21-27-45-39-25-23-33(43)29-35(39)37-32-42-38(31-41(37)45)36-30-34(44)24-26-40(36)46(42)28-22-20-18-16-14-12-10-8-6-4-2/h23-26,29-32H,3-22,27-28H2,1-2H3. The summed E-state index contributed by atoms with van der Waals surface area (Å²) in [7, 11) is 0. The van der Waals surface area contributed by atoms with E-state index < -0.39 is 0 Å². The minimum Gasteiger partial charge on any atom is -0.340 e. The average molecular weight is 662 g/mol. The van der Waals surface area contributed by atoms with Crippen LogP contribution in [0.2, 0.25) is 10.0 Å². The number of hydrogen-bond donors (Lipinski definition) is 0. The van der Waals surface area contributed by atoms with Crippen molar-refractivity contribution in [3.05, 3.63) is 58.6 Å². The van der Waals surface area contributed by atoms with Gasteiger partial charge in [-0.2, -0.15) is 0 Å². The summed E-state index contributed by atoms with van der Waals surface area (Å²) in [6, 6.07) is 17.8. The Kier molecular flexibility index (Phi) is 14.1. The van der Waals surface area contributed by atoms with Gasteiger partial charge in [0.1, 0.15) is 0 Å². The lowest BCUT2D eigenvalue weighted by Gasteiger charge is -2.09. The molecule has 0 aliphatic carbocycles. The molecule has 0 aliphatic heterocycles. The molecule has 2 nitrogen and oxygen atoms in total. The third-order valence-electron chi connectivity index (χ3n) is 10.2. The van der Waals surface area contributed by atoms with Crippen LogP contribution in [0.15, 0.2) is 48.5 Å². The highest BCUT2D eigenvalue weighted by Gasteiger charge is 2.17. The minimum atomic E-state index is 0.809. The molecule has 0 fully saturated rings. The number of fused-ring (bicyclic) bond motifs is 6. The Morgan fingerprint density at radius 3 is 1.02 bits per heavy atom. The molecule has 46 heavy (non-hydrogen) atoms. The van der Waals surface area contributed by atoms with Gasteiger partial charge in [0.05, 0.1) is 0 Å². The van der Waals surface area contributed by atoms with Crippen molar-refractivity contribution in [1.29, 1.82) is 0 Å². The van der Waals surface area contributed by atoms with E-state index in [0.29, 0.717) is 0 Å². The van der Waals surface area contributed by atoms with Crippen molar-refractivity contribution in [3.8, 4) is 0 Å². The Morgan fingerprint density at radius 2 is 0.674 bits per heavy atom. The molecule has 2 heterocycles. The number of benzene rings is 3. The normalized spacial score (nSPS) is 12.1. The van der Waals surface area contributed by atoms with Gasteiger partial charge in [-0.1, -0.05) is 153 Å². The first kappa shape index (κ1) is 35.2. The highest BCUT2D eigenvalue weighted by molar-refractivity contribution is 6.33. The molecule has 0 unspecified atom stereocenters. The van der Waals surface area contributed by atoms with Gasteiger partial charge in [0, 0.05) is 66.7 Å². The van der Waals surface area contributed by atoms with E-state index in [2.05, 4.69) is 71.5 Å². The molecule has 5 rings (SSSR count). The number of aromatic nitrogens is 2. The molecule has 0 aliphatic rings. The molecule has 0 saturated heterocycles. The molecular weight excluding hydrogens is 603 g/mol. The molecule has 0 saturated carbocycles. The molecule has 2 aromatic heterocycles. The van der Waals surface area contributed by atoms with Gasteiger partial charge in [0.25, 0.3) is 0 Å². The number of halogens is 2. The Morgan fingerprint density at radius 1 is 0.370 bits per heavy atom. The number of unbranched alkanes of at least 4 members (excludes halogenated alkanes) is 18. The van der Waals surface area contributed by atoms with Crippen LogP contribution in [0.25, 0.3) is 43.6 Å². The van der Waals surface area contributed by atoms with Gasteiger partial charge in [-0.25, -0.2) is 0 Å². The van der Waals surface area contributed by atoms with Gasteiger partial charge >= 0.3 is 0 Å². The Bertz CT molecular complexity index is 1540.